The van der Waals surface area contributed by atoms with Gasteiger partial charge in [-0.05, 0) is 79.1 Å². The molecule has 2 atom stereocenters. The number of rotatable bonds is 8. The van der Waals surface area contributed by atoms with Gasteiger partial charge >= 0.3 is 0 Å². The number of hydrogen-bond donors (Lipinski definition) is 1. The van der Waals surface area contributed by atoms with Crippen molar-refractivity contribution in [2.45, 2.75) is 58.2 Å². The number of aryl methyl sites for hydroxylation is 1. The lowest BCUT2D eigenvalue weighted by Gasteiger charge is -2.38. The first kappa shape index (κ1) is 25.0. The normalized spacial score (nSPS) is 17.6. The Labute approximate surface area is 217 Å². The maximum absolute atomic E-state index is 13.5. The molecule has 0 unspecified atom stereocenters. The van der Waals surface area contributed by atoms with E-state index in [-0.39, 0.29) is 36.1 Å². The van der Waals surface area contributed by atoms with E-state index in [0.29, 0.717) is 24.3 Å². The Balaban J connectivity index is 1.38. The average molecular weight is 501 g/mol. The van der Waals surface area contributed by atoms with Gasteiger partial charge in [-0.25, -0.2) is 4.39 Å². The lowest BCUT2D eigenvalue weighted by atomic mass is 9.87. The van der Waals surface area contributed by atoms with Gasteiger partial charge in [0.1, 0.15) is 11.6 Å². The van der Waals surface area contributed by atoms with Crippen LogP contribution in [0.5, 0.6) is 5.75 Å². The molecule has 1 fully saturated rings. The zero-order chi connectivity index (χ0) is 25.9. The number of fused-ring (bicyclic) bond motifs is 1. The number of amides is 2. The predicted octanol–water partition coefficient (Wildman–Crippen LogP) is 5.49. The fourth-order valence-corrected chi connectivity index (χ4v) is 5.10. The van der Waals surface area contributed by atoms with Crippen LogP contribution >= 0.6 is 0 Å². The summed E-state index contributed by atoms with van der Waals surface area (Å²) in [6.45, 7) is 4.89. The lowest BCUT2D eigenvalue weighted by Crippen LogP contribution is -2.41. The lowest BCUT2D eigenvalue weighted by molar-refractivity contribution is -0.134. The molecule has 1 N–H and O–H groups in total. The van der Waals surface area contributed by atoms with Crippen molar-refractivity contribution in [1.82, 2.24) is 10.2 Å². The summed E-state index contributed by atoms with van der Waals surface area (Å²) in [5, 5.41) is 2.86. The minimum atomic E-state index is -0.684. The summed E-state index contributed by atoms with van der Waals surface area (Å²) in [5.41, 5.74) is 5.18. The summed E-state index contributed by atoms with van der Waals surface area (Å²) in [6, 6.07) is 20.3. The average Bonchev–Trinajstić information content (AvgIpc) is 3.75. The van der Waals surface area contributed by atoms with Gasteiger partial charge in [-0.2, -0.15) is 0 Å². The first-order valence-electron chi connectivity index (χ1n) is 13.1. The minimum absolute atomic E-state index is 0.138. The molecule has 0 saturated heterocycles. The van der Waals surface area contributed by atoms with E-state index in [1.54, 1.807) is 12.1 Å². The number of hydrogen-bond acceptors (Lipinski definition) is 3. The summed E-state index contributed by atoms with van der Waals surface area (Å²) < 4.78 is 19.7. The molecule has 1 aliphatic carbocycles. The molecule has 0 spiro atoms. The molecular weight excluding hydrogens is 467 g/mol. The van der Waals surface area contributed by atoms with Crippen LogP contribution in [0.15, 0.2) is 66.7 Å². The number of ether oxygens (including phenoxy) is 1. The Morgan fingerprint density at radius 2 is 1.89 bits per heavy atom. The fourth-order valence-electron chi connectivity index (χ4n) is 5.10. The van der Waals surface area contributed by atoms with E-state index in [9.17, 15) is 14.0 Å². The van der Waals surface area contributed by atoms with Crippen LogP contribution in [-0.2, 0) is 22.6 Å². The molecule has 6 heteroatoms. The van der Waals surface area contributed by atoms with Crippen molar-refractivity contribution in [3.8, 4) is 5.75 Å². The highest BCUT2D eigenvalue weighted by Gasteiger charge is 2.39. The maximum atomic E-state index is 13.5. The van der Waals surface area contributed by atoms with Gasteiger partial charge in [0, 0.05) is 19.0 Å². The van der Waals surface area contributed by atoms with Crippen LogP contribution < -0.4 is 10.1 Å². The standard InChI is InChI=1S/C31H33FN2O3/c1-3-28(30(35)33-19-21-7-5-9-25(32)17-21)37-26-13-12-22-14-15-34(31(36)23-10-11-23)29(27(22)18-26)24-8-4-6-20(2)16-24/h4-9,12-13,16-18,23,28-29H,3,10-11,14-15,19H2,1-2H3,(H,33,35)/t28-,29+/m0/s1. The Bertz CT molecular complexity index is 1300. The second-order valence-electron chi connectivity index (χ2n) is 10.1. The van der Waals surface area contributed by atoms with Gasteiger partial charge in [0.15, 0.2) is 6.10 Å². The van der Waals surface area contributed by atoms with E-state index in [2.05, 4.69) is 36.5 Å². The fraction of sp³-hybridized carbons (Fsp3) is 0.355. The molecule has 3 aromatic rings. The quantitative estimate of drug-likeness (QED) is 0.445. The molecule has 5 nitrogen and oxygen atoms in total. The smallest absolute Gasteiger partial charge is 0.261 e. The van der Waals surface area contributed by atoms with Gasteiger partial charge in [0.05, 0.1) is 6.04 Å². The molecule has 2 aliphatic rings. The third-order valence-corrected chi connectivity index (χ3v) is 7.21. The minimum Gasteiger partial charge on any atom is -0.481 e. The van der Waals surface area contributed by atoms with Crippen molar-refractivity contribution in [2.24, 2.45) is 5.92 Å². The SMILES string of the molecule is CC[C@H](Oc1ccc2c(c1)[C@@H](c1cccc(C)c1)N(C(=O)C1CC1)CC2)C(=O)NCc1cccc(F)c1. The second-order valence-corrected chi connectivity index (χ2v) is 10.1. The van der Waals surface area contributed by atoms with E-state index in [1.165, 1.54) is 17.7 Å². The molecule has 192 valence electrons. The third-order valence-electron chi connectivity index (χ3n) is 7.21. The molecule has 2 amide bonds. The number of benzene rings is 3. The van der Waals surface area contributed by atoms with Gasteiger partial charge in [-0.1, -0.05) is 55.0 Å². The van der Waals surface area contributed by atoms with Crippen molar-refractivity contribution in [1.29, 1.82) is 0 Å². The van der Waals surface area contributed by atoms with Crippen molar-refractivity contribution in [3.63, 3.8) is 0 Å². The Morgan fingerprint density at radius 3 is 2.62 bits per heavy atom. The van der Waals surface area contributed by atoms with Crippen LogP contribution in [-0.4, -0.2) is 29.4 Å². The largest absolute Gasteiger partial charge is 0.481 e. The highest BCUT2D eigenvalue weighted by molar-refractivity contribution is 5.82. The summed E-state index contributed by atoms with van der Waals surface area (Å²) in [7, 11) is 0. The second kappa shape index (κ2) is 10.8. The molecule has 0 radical (unpaired) electrons. The van der Waals surface area contributed by atoms with Crippen molar-refractivity contribution in [3.05, 3.63) is 100 Å². The summed E-state index contributed by atoms with van der Waals surface area (Å²) >= 11 is 0. The zero-order valence-electron chi connectivity index (χ0n) is 21.4. The Morgan fingerprint density at radius 1 is 1.08 bits per heavy atom. The van der Waals surface area contributed by atoms with E-state index < -0.39 is 6.10 Å². The topological polar surface area (TPSA) is 58.6 Å². The van der Waals surface area contributed by atoms with Crippen LogP contribution in [0.2, 0.25) is 0 Å². The van der Waals surface area contributed by atoms with Crippen LogP contribution in [0.4, 0.5) is 4.39 Å². The molecular formula is C31H33FN2O3. The molecule has 1 aliphatic heterocycles. The van der Waals surface area contributed by atoms with E-state index in [4.69, 9.17) is 4.74 Å². The summed E-state index contributed by atoms with van der Waals surface area (Å²) in [5.74, 6) is 0.391. The highest BCUT2D eigenvalue weighted by atomic mass is 19.1. The first-order chi connectivity index (χ1) is 17.9. The van der Waals surface area contributed by atoms with Crippen LogP contribution in [0.25, 0.3) is 0 Å². The van der Waals surface area contributed by atoms with Gasteiger partial charge < -0.3 is 15.0 Å². The van der Waals surface area contributed by atoms with Crippen LogP contribution in [0, 0.1) is 18.7 Å². The number of nitrogens with one attached hydrogen (secondary N) is 1. The summed E-state index contributed by atoms with van der Waals surface area (Å²) in [4.78, 5) is 28.2. The maximum Gasteiger partial charge on any atom is 0.261 e. The highest BCUT2D eigenvalue weighted by Crippen LogP contribution is 2.41. The summed E-state index contributed by atoms with van der Waals surface area (Å²) in [6.07, 6.45) is 2.53. The number of nitrogens with zero attached hydrogens (tertiary/aromatic N) is 1. The van der Waals surface area contributed by atoms with Crippen molar-refractivity contribution >= 4 is 11.8 Å². The zero-order valence-corrected chi connectivity index (χ0v) is 21.4. The first-order valence-corrected chi connectivity index (χ1v) is 13.1. The molecule has 5 rings (SSSR count). The molecule has 0 bridgehead atoms. The number of halogens is 1. The third kappa shape index (κ3) is 5.68. The molecule has 3 aromatic carbocycles. The van der Waals surface area contributed by atoms with E-state index in [1.807, 2.05) is 30.0 Å². The van der Waals surface area contributed by atoms with Crippen molar-refractivity contribution < 1.29 is 18.7 Å². The monoisotopic (exact) mass is 500 g/mol. The Hall–Kier alpha value is -3.67. The van der Waals surface area contributed by atoms with Gasteiger partial charge in [-0.3, -0.25) is 9.59 Å². The van der Waals surface area contributed by atoms with Crippen LogP contribution in [0.1, 0.15) is 60.0 Å². The molecule has 37 heavy (non-hydrogen) atoms. The number of carbonyl (C=O) groups excluding carboxylic acids is 2. The van der Waals surface area contributed by atoms with Gasteiger partial charge in [0.2, 0.25) is 5.91 Å². The van der Waals surface area contributed by atoms with Gasteiger partial charge in [-0.15, -0.1) is 0 Å². The molecule has 1 saturated carbocycles. The van der Waals surface area contributed by atoms with Gasteiger partial charge in [0.25, 0.3) is 5.91 Å². The predicted molar refractivity (Wildman–Crippen MR) is 141 cm³/mol. The van der Waals surface area contributed by atoms with Crippen LogP contribution in [0.3, 0.4) is 0 Å². The number of carbonyl (C=O) groups is 2. The Kier molecular flexibility index (Phi) is 7.26. The molecule has 0 aromatic heterocycles. The van der Waals surface area contributed by atoms with Crippen molar-refractivity contribution in [2.75, 3.05) is 6.54 Å². The van der Waals surface area contributed by atoms with E-state index in [0.717, 1.165) is 36.0 Å². The van der Waals surface area contributed by atoms with E-state index >= 15 is 0 Å². The molecule has 1 heterocycles.